The molecule has 2 aromatic rings. The maximum atomic E-state index is 12.6. The molecular formula is C12H7F6N3. The fourth-order valence-corrected chi connectivity index (χ4v) is 1.59. The molecule has 0 aromatic carbocycles. The highest BCUT2D eigenvalue weighted by atomic mass is 19.4. The first kappa shape index (κ1) is 15.2. The zero-order chi connectivity index (χ0) is 15.8. The maximum Gasteiger partial charge on any atom is 0.434 e. The molecule has 0 saturated carbocycles. The van der Waals surface area contributed by atoms with E-state index in [9.17, 15) is 26.3 Å². The standard InChI is InChI=1S/C12H7F6N3/c1-6-2-7(3-9(21-6)11(13,14)15)8-4-20-10(5-19-8)12(16,17)18/h2-5H,1H3. The minimum absolute atomic E-state index is 0.00366. The van der Waals surface area contributed by atoms with Crippen molar-refractivity contribution in [3.8, 4) is 11.3 Å². The van der Waals surface area contributed by atoms with Gasteiger partial charge in [0.1, 0.15) is 5.69 Å². The number of alkyl halides is 6. The van der Waals surface area contributed by atoms with Crippen molar-refractivity contribution in [1.29, 1.82) is 0 Å². The number of halogens is 6. The summed E-state index contributed by atoms with van der Waals surface area (Å²) in [5, 5.41) is 0. The van der Waals surface area contributed by atoms with Crippen molar-refractivity contribution in [3.63, 3.8) is 0 Å². The first-order valence-electron chi connectivity index (χ1n) is 5.53. The number of aromatic nitrogens is 3. The average Bonchev–Trinajstić information content (AvgIpc) is 2.36. The molecule has 21 heavy (non-hydrogen) atoms. The predicted molar refractivity (Wildman–Crippen MR) is 60.0 cm³/mol. The molecule has 0 atom stereocenters. The third-order valence-electron chi connectivity index (χ3n) is 2.48. The third kappa shape index (κ3) is 3.47. The van der Waals surface area contributed by atoms with Crippen molar-refractivity contribution in [2.75, 3.05) is 0 Å². The Morgan fingerprint density at radius 2 is 1.43 bits per heavy atom. The molecule has 0 N–H and O–H groups in total. The second kappa shape index (κ2) is 4.97. The predicted octanol–water partition coefficient (Wildman–Crippen LogP) is 3.88. The number of aryl methyl sites for hydroxylation is 1. The molecule has 0 unspecified atom stereocenters. The van der Waals surface area contributed by atoms with E-state index in [2.05, 4.69) is 15.0 Å². The van der Waals surface area contributed by atoms with Crippen molar-refractivity contribution in [2.45, 2.75) is 19.3 Å². The van der Waals surface area contributed by atoms with E-state index in [-0.39, 0.29) is 17.0 Å². The maximum absolute atomic E-state index is 12.6. The average molecular weight is 307 g/mol. The lowest BCUT2D eigenvalue weighted by atomic mass is 10.1. The normalized spacial score (nSPS) is 12.5. The van der Waals surface area contributed by atoms with E-state index in [1.807, 2.05) is 0 Å². The molecule has 0 amide bonds. The van der Waals surface area contributed by atoms with Crippen LogP contribution in [0.1, 0.15) is 17.1 Å². The van der Waals surface area contributed by atoms with Gasteiger partial charge in [0.15, 0.2) is 5.69 Å². The number of nitrogens with zero attached hydrogens (tertiary/aromatic N) is 3. The topological polar surface area (TPSA) is 38.7 Å². The fraction of sp³-hybridized carbons (Fsp3) is 0.250. The van der Waals surface area contributed by atoms with Gasteiger partial charge in [-0.05, 0) is 19.1 Å². The molecule has 3 nitrogen and oxygen atoms in total. The Kier molecular flexibility index (Phi) is 3.60. The van der Waals surface area contributed by atoms with Crippen molar-refractivity contribution in [2.24, 2.45) is 0 Å². The lowest BCUT2D eigenvalue weighted by Gasteiger charge is -2.10. The summed E-state index contributed by atoms with van der Waals surface area (Å²) in [5.41, 5.74) is -2.39. The highest BCUT2D eigenvalue weighted by Crippen LogP contribution is 2.31. The number of hydrogen-bond acceptors (Lipinski definition) is 3. The molecule has 112 valence electrons. The molecule has 0 radical (unpaired) electrons. The Labute approximate surface area is 114 Å². The van der Waals surface area contributed by atoms with Crippen LogP contribution in [0.2, 0.25) is 0 Å². The lowest BCUT2D eigenvalue weighted by Crippen LogP contribution is -2.10. The second-order valence-electron chi connectivity index (χ2n) is 4.16. The number of pyridine rings is 1. The highest BCUT2D eigenvalue weighted by Gasteiger charge is 2.34. The molecule has 0 saturated heterocycles. The van der Waals surface area contributed by atoms with Gasteiger partial charge >= 0.3 is 12.4 Å². The van der Waals surface area contributed by atoms with Crippen LogP contribution in [0.5, 0.6) is 0 Å². The molecule has 0 aliphatic rings. The summed E-state index contributed by atoms with van der Waals surface area (Å²) in [6, 6.07) is 2.00. The van der Waals surface area contributed by atoms with E-state index in [1.54, 1.807) is 0 Å². The highest BCUT2D eigenvalue weighted by molar-refractivity contribution is 5.59. The molecule has 0 aliphatic heterocycles. The Bertz CT molecular complexity index is 646. The van der Waals surface area contributed by atoms with Crippen molar-refractivity contribution in [3.05, 3.63) is 41.6 Å². The van der Waals surface area contributed by atoms with E-state index < -0.39 is 23.7 Å². The van der Waals surface area contributed by atoms with Crippen LogP contribution in [-0.4, -0.2) is 15.0 Å². The van der Waals surface area contributed by atoms with Gasteiger partial charge in [0.05, 0.1) is 18.1 Å². The van der Waals surface area contributed by atoms with Gasteiger partial charge in [0.25, 0.3) is 0 Å². The minimum Gasteiger partial charge on any atom is -0.252 e. The van der Waals surface area contributed by atoms with E-state index in [4.69, 9.17) is 0 Å². The molecule has 2 rings (SSSR count). The summed E-state index contributed by atoms with van der Waals surface area (Å²) < 4.78 is 74.9. The summed E-state index contributed by atoms with van der Waals surface area (Å²) in [7, 11) is 0. The van der Waals surface area contributed by atoms with Crippen LogP contribution >= 0.6 is 0 Å². The smallest absolute Gasteiger partial charge is 0.252 e. The van der Waals surface area contributed by atoms with Crippen LogP contribution in [0.15, 0.2) is 24.5 Å². The Hall–Kier alpha value is -2.19. The first-order chi connectivity index (χ1) is 9.57. The van der Waals surface area contributed by atoms with Gasteiger partial charge in [0.2, 0.25) is 0 Å². The molecular weight excluding hydrogens is 300 g/mol. The molecule has 0 fully saturated rings. The molecule has 2 heterocycles. The molecule has 9 heteroatoms. The van der Waals surface area contributed by atoms with Crippen LogP contribution in [0.4, 0.5) is 26.3 Å². The quantitative estimate of drug-likeness (QED) is 0.750. The van der Waals surface area contributed by atoms with Gasteiger partial charge in [0, 0.05) is 11.3 Å². The second-order valence-corrected chi connectivity index (χ2v) is 4.16. The Balaban J connectivity index is 2.45. The minimum atomic E-state index is -4.66. The van der Waals surface area contributed by atoms with Crippen molar-refractivity contribution < 1.29 is 26.3 Å². The SMILES string of the molecule is Cc1cc(-c2cnc(C(F)(F)F)cn2)cc(C(F)(F)F)n1. The van der Waals surface area contributed by atoms with Crippen LogP contribution in [-0.2, 0) is 12.4 Å². The van der Waals surface area contributed by atoms with Gasteiger partial charge in [-0.1, -0.05) is 0 Å². The van der Waals surface area contributed by atoms with E-state index >= 15 is 0 Å². The van der Waals surface area contributed by atoms with Gasteiger partial charge in [-0.15, -0.1) is 0 Å². The van der Waals surface area contributed by atoms with Gasteiger partial charge in [-0.25, -0.2) is 9.97 Å². The van der Waals surface area contributed by atoms with Crippen LogP contribution in [0.25, 0.3) is 11.3 Å². The van der Waals surface area contributed by atoms with Gasteiger partial charge in [-0.3, -0.25) is 4.98 Å². The largest absolute Gasteiger partial charge is 0.434 e. The fourth-order valence-electron chi connectivity index (χ4n) is 1.59. The third-order valence-corrected chi connectivity index (χ3v) is 2.48. The summed E-state index contributed by atoms with van der Waals surface area (Å²) in [4.78, 5) is 9.99. The zero-order valence-corrected chi connectivity index (χ0v) is 10.4. The molecule has 0 spiro atoms. The Morgan fingerprint density at radius 1 is 0.810 bits per heavy atom. The Morgan fingerprint density at radius 3 is 1.90 bits per heavy atom. The summed E-state index contributed by atoms with van der Waals surface area (Å²) in [6.45, 7) is 1.34. The van der Waals surface area contributed by atoms with Crippen molar-refractivity contribution in [1.82, 2.24) is 15.0 Å². The van der Waals surface area contributed by atoms with Crippen LogP contribution in [0.3, 0.4) is 0 Å². The summed E-state index contributed by atoms with van der Waals surface area (Å²) in [6.07, 6.45) is -8.06. The molecule has 2 aromatic heterocycles. The molecule has 0 aliphatic carbocycles. The van der Waals surface area contributed by atoms with Gasteiger partial charge in [-0.2, -0.15) is 26.3 Å². The van der Waals surface area contributed by atoms with E-state index in [0.717, 1.165) is 6.20 Å². The summed E-state index contributed by atoms with van der Waals surface area (Å²) in [5.74, 6) is 0. The van der Waals surface area contributed by atoms with E-state index in [1.165, 1.54) is 13.0 Å². The molecule has 0 bridgehead atoms. The lowest BCUT2D eigenvalue weighted by molar-refractivity contribution is -0.142. The van der Waals surface area contributed by atoms with Crippen molar-refractivity contribution >= 4 is 0 Å². The van der Waals surface area contributed by atoms with E-state index in [0.29, 0.717) is 12.3 Å². The monoisotopic (exact) mass is 307 g/mol. The zero-order valence-electron chi connectivity index (χ0n) is 10.4. The first-order valence-corrected chi connectivity index (χ1v) is 5.53. The van der Waals surface area contributed by atoms with Gasteiger partial charge < -0.3 is 0 Å². The number of hydrogen-bond donors (Lipinski definition) is 0. The van der Waals surface area contributed by atoms with Crippen LogP contribution in [0, 0.1) is 6.92 Å². The number of rotatable bonds is 1. The van der Waals surface area contributed by atoms with Crippen LogP contribution < -0.4 is 0 Å². The summed E-state index contributed by atoms with van der Waals surface area (Å²) >= 11 is 0.